The van der Waals surface area contributed by atoms with Crippen LogP contribution in [0.3, 0.4) is 0 Å². The number of benzene rings is 1. The minimum Gasteiger partial charge on any atom is -0.484 e. The maximum absolute atomic E-state index is 12.4. The minimum absolute atomic E-state index is 0.0564. The number of ether oxygens (including phenoxy) is 1. The smallest absolute Gasteiger partial charge is 0.260 e. The predicted octanol–water partition coefficient (Wildman–Crippen LogP) is 3.08. The van der Waals surface area contributed by atoms with Crippen molar-refractivity contribution in [3.63, 3.8) is 0 Å². The van der Waals surface area contributed by atoms with E-state index in [0.29, 0.717) is 11.8 Å². The zero-order chi connectivity index (χ0) is 17.0. The quantitative estimate of drug-likeness (QED) is 0.907. The first kappa shape index (κ1) is 17.8. The first-order valence-corrected chi connectivity index (χ1v) is 8.65. The summed E-state index contributed by atoms with van der Waals surface area (Å²) < 4.78 is 5.71. The van der Waals surface area contributed by atoms with E-state index in [-0.39, 0.29) is 18.6 Å². The van der Waals surface area contributed by atoms with E-state index in [9.17, 15) is 4.79 Å². The van der Waals surface area contributed by atoms with Crippen molar-refractivity contribution in [2.24, 2.45) is 11.7 Å². The summed E-state index contributed by atoms with van der Waals surface area (Å²) in [6.07, 6.45) is 2.14. The van der Waals surface area contributed by atoms with Gasteiger partial charge in [0.05, 0.1) is 0 Å². The third kappa shape index (κ3) is 4.71. The number of nitrogens with zero attached hydrogens (tertiary/aromatic N) is 1. The molecule has 1 aliphatic heterocycles. The average molecular weight is 318 g/mol. The number of likely N-dealkylation sites (tertiary alicyclic amines) is 1. The molecule has 128 valence electrons. The van der Waals surface area contributed by atoms with Gasteiger partial charge in [0.25, 0.3) is 5.91 Å². The zero-order valence-corrected chi connectivity index (χ0v) is 14.8. The van der Waals surface area contributed by atoms with Crippen molar-refractivity contribution in [3.8, 4) is 5.75 Å². The van der Waals surface area contributed by atoms with E-state index in [1.165, 1.54) is 11.1 Å². The molecule has 0 unspecified atom stereocenters. The molecule has 1 fully saturated rings. The number of hydrogen-bond donors (Lipinski definition) is 1. The van der Waals surface area contributed by atoms with Crippen LogP contribution in [0.25, 0.3) is 0 Å². The van der Waals surface area contributed by atoms with Crippen LogP contribution in [0.5, 0.6) is 5.75 Å². The number of hydrogen-bond acceptors (Lipinski definition) is 3. The van der Waals surface area contributed by atoms with Crippen LogP contribution in [0.4, 0.5) is 0 Å². The normalized spacial score (nSPS) is 19.7. The molecule has 0 bridgehead atoms. The second-order valence-corrected chi connectivity index (χ2v) is 7.06. The average Bonchev–Trinajstić information content (AvgIpc) is 2.52. The van der Waals surface area contributed by atoms with Gasteiger partial charge in [-0.15, -0.1) is 0 Å². The summed E-state index contributed by atoms with van der Waals surface area (Å²) in [6, 6.07) is 6.20. The maximum atomic E-state index is 12.4. The molecule has 1 saturated heterocycles. The Balaban J connectivity index is 1.90. The molecule has 1 heterocycles. The van der Waals surface area contributed by atoms with Crippen LogP contribution in [0, 0.1) is 12.8 Å². The molecule has 0 aliphatic carbocycles. The highest BCUT2D eigenvalue weighted by atomic mass is 16.5. The first-order chi connectivity index (χ1) is 10.9. The fraction of sp³-hybridized carbons (Fsp3) is 0.632. The Bertz CT molecular complexity index is 540. The summed E-state index contributed by atoms with van der Waals surface area (Å²) >= 11 is 0. The Kier molecular flexibility index (Phi) is 6.05. The van der Waals surface area contributed by atoms with Crippen molar-refractivity contribution < 1.29 is 9.53 Å². The Morgan fingerprint density at radius 3 is 2.74 bits per heavy atom. The number of carbonyl (C=O) groups is 1. The van der Waals surface area contributed by atoms with Gasteiger partial charge >= 0.3 is 0 Å². The standard InChI is InChI=1S/C19H30N2O2/c1-13(2)18-8-7-17(10-14(18)3)23-12-19(22)21-9-5-6-16(11-21)15(4)20/h7-8,10,13,15-16H,5-6,9,11-12,20H2,1-4H3/t15-,16-/m1/s1. The molecule has 1 aliphatic rings. The van der Waals surface area contributed by atoms with Crippen LogP contribution in [0.15, 0.2) is 18.2 Å². The third-order valence-corrected chi connectivity index (χ3v) is 4.78. The lowest BCUT2D eigenvalue weighted by Crippen LogP contribution is -2.46. The molecule has 1 amide bonds. The predicted molar refractivity (Wildman–Crippen MR) is 93.7 cm³/mol. The van der Waals surface area contributed by atoms with Gasteiger partial charge < -0.3 is 15.4 Å². The van der Waals surface area contributed by atoms with E-state index in [1.807, 2.05) is 24.0 Å². The summed E-state index contributed by atoms with van der Waals surface area (Å²) in [5.74, 6) is 1.72. The highest BCUT2D eigenvalue weighted by Crippen LogP contribution is 2.24. The van der Waals surface area contributed by atoms with E-state index in [0.717, 1.165) is 31.7 Å². The van der Waals surface area contributed by atoms with Crippen LogP contribution in [0.2, 0.25) is 0 Å². The van der Waals surface area contributed by atoms with Crippen molar-refractivity contribution in [1.82, 2.24) is 4.90 Å². The number of piperidine rings is 1. The summed E-state index contributed by atoms with van der Waals surface area (Å²) in [5, 5.41) is 0. The van der Waals surface area contributed by atoms with Crippen LogP contribution in [0.1, 0.15) is 50.7 Å². The van der Waals surface area contributed by atoms with E-state index in [4.69, 9.17) is 10.5 Å². The van der Waals surface area contributed by atoms with E-state index in [2.05, 4.69) is 26.8 Å². The van der Waals surface area contributed by atoms with Gasteiger partial charge in [-0.1, -0.05) is 19.9 Å². The molecular weight excluding hydrogens is 288 g/mol. The molecule has 2 atom stereocenters. The number of aryl methyl sites for hydroxylation is 1. The lowest BCUT2D eigenvalue weighted by atomic mass is 9.92. The highest BCUT2D eigenvalue weighted by Gasteiger charge is 2.25. The number of nitrogens with two attached hydrogens (primary N) is 1. The zero-order valence-electron chi connectivity index (χ0n) is 14.8. The lowest BCUT2D eigenvalue weighted by Gasteiger charge is -2.34. The fourth-order valence-corrected chi connectivity index (χ4v) is 3.29. The topological polar surface area (TPSA) is 55.6 Å². The Morgan fingerprint density at radius 2 is 2.13 bits per heavy atom. The van der Waals surface area contributed by atoms with Crippen molar-refractivity contribution in [3.05, 3.63) is 29.3 Å². The number of carbonyl (C=O) groups excluding carboxylic acids is 1. The van der Waals surface area contributed by atoms with Crippen LogP contribution < -0.4 is 10.5 Å². The molecule has 0 saturated carbocycles. The maximum Gasteiger partial charge on any atom is 0.260 e. The Morgan fingerprint density at radius 1 is 1.39 bits per heavy atom. The molecule has 2 rings (SSSR count). The van der Waals surface area contributed by atoms with Crippen molar-refractivity contribution in [1.29, 1.82) is 0 Å². The lowest BCUT2D eigenvalue weighted by molar-refractivity contribution is -0.135. The third-order valence-electron chi connectivity index (χ3n) is 4.78. The Hall–Kier alpha value is -1.55. The van der Waals surface area contributed by atoms with Crippen LogP contribution in [-0.2, 0) is 4.79 Å². The van der Waals surface area contributed by atoms with Crippen molar-refractivity contribution >= 4 is 5.91 Å². The van der Waals surface area contributed by atoms with Crippen LogP contribution >= 0.6 is 0 Å². The molecular formula is C19H30N2O2. The van der Waals surface area contributed by atoms with E-state index >= 15 is 0 Å². The van der Waals surface area contributed by atoms with Gasteiger partial charge in [0.15, 0.2) is 6.61 Å². The van der Waals surface area contributed by atoms with E-state index in [1.54, 1.807) is 0 Å². The summed E-state index contributed by atoms with van der Waals surface area (Å²) in [5.41, 5.74) is 8.51. The summed E-state index contributed by atoms with van der Waals surface area (Å²) in [6.45, 7) is 10.1. The monoisotopic (exact) mass is 318 g/mol. The molecule has 0 aromatic heterocycles. The molecule has 1 aromatic carbocycles. The van der Waals surface area contributed by atoms with Gasteiger partial charge in [0.1, 0.15) is 5.75 Å². The Labute approximate surface area is 140 Å². The minimum atomic E-state index is 0.0564. The fourth-order valence-electron chi connectivity index (χ4n) is 3.29. The van der Waals surface area contributed by atoms with Gasteiger partial charge in [-0.2, -0.15) is 0 Å². The van der Waals surface area contributed by atoms with Gasteiger partial charge in [-0.05, 0) is 61.8 Å². The molecule has 0 radical (unpaired) electrons. The second-order valence-electron chi connectivity index (χ2n) is 7.06. The largest absolute Gasteiger partial charge is 0.484 e. The summed E-state index contributed by atoms with van der Waals surface area (Å²) in [7, 11) is 0. The summed E-state index contributed by atoms with van der Waals surface area (Å²) in [4.78, 5) is 14.3. The molecule has 4 heteroatoms. The SMILES string of the molecule is Cc1cc(OCC(=O)N2CCC[C@@H]([C@@H](C)N)C2)ccc1C(C)C. The molecule has 23 heavy (non-hydrogen) atoms. The first-order valence-electron chi connectivity index (χ1n) is 8.65. The molecule has 2 N–H and O–H groups in total. The van der Waals surface area contributed by atoms with Gasteiger partial charge in [-0.25, -0.2) is 0 Å². The van der Waals surface area contributed by atoms with Crippen molar-refractivity contribution in [2.45, 2.75) is 52.5 Å². The second kappa shape index (κ2) is 7.82. The van der Waals surface area contributed by atoms with E-state index < -0.39 is 0 Å². The van der Waals surface area contributed by atoms with Crippen LogP contribution in [-0.4, -0.2) is 36.5 Å². The van der Waals surface area contributed by atoms with Gasteiger partial charge in [-0.3, -0.25) is 4.79 Å². The number of rotatable bonds is 5. The van der Waals surface area contributed by atoms with Crippen molar-refractivity contribution in [2.75, 3.05) is 19.7 Å². The molecule has 0 spiro atoms. The number of amides is 1. The highest BCUT2D eigenvalue weighted by molar-refractivity contribution is 5.77. The molecule has 4 nitrogen and oxygen atoms in total. The molecule has 1 aromatic rings. The van der Waals surface area contributed by atoms with Gasteiger partial charge in [0.2, 0.25) is 0 Å². The van der Waals surface area contributed by atoms with Gasteiger partial charge in [0, 0.05) is 19.1 Å².